The van der Waals surface area contributed by atoms with Gasteiger partial charge < -0.3 is 9.47 Å². The third-order valence-corrected chi connectivity index (χ3v) is 3.22. The number of fused-ring (bicyclic) bond motifs is 1. The van der Waals surface area contributed by atoms with E-state index in [1.54, 1.807) is 0 Å². The molecule has 0 amide bonds. The predicted molar refractivity (Wildman–Crippen MR) is 71.5 cm³/mol. The molecule has 0 spiro atoms. The molecule has 1 aromatic heterocycles. The lowest BCUT2D eigenvalue weighted by atomic mass is 10.1. The molecule has 8 heteroatoms. The topological polar surface area (TPSA) is 74.5 Å². The van der Waals surface area contributed by atoms with Gasteiger partial charge in [-0.15, -0.1) is 0 Å². The van der Waals surface area contributed by atoms with Crippen molar-refractivity contribution in [2.75, 3.05) is 14.2 Å². The Morgan fingerprint density at radius 1 is 1.32 bits per heavy atom. The van der Waals surface area contributed by atoms with Crippen LogP contribution in [0.2, 0.25) is 10.0 Å². The summed E-state index contributed by atoms with van der Waals surface area (Å²) in [6.45, 7) is 0. The number of nitro groups is 1. The molecular weight excluding hydrogens is 295 g/mol. The predicted octanol–water partition coefficient (Wildman–Crippen LogP) is 3.47. The molecule has 0 fully saturated rings. The minimum atomic E-state index is -0.623. The van der Waals surface area contributed by atoms with Crippen LogP contribution in [0.3, 0.4) is 0 Å². The largest absolute Gasteiger partial charge is 0.494 e. The summed E-state index contributed by atoms with van der Waals surface area (Å²) in [5.41, 5.74) is 0.0242. The summed E-state index contributed by atoms with van der Waals surface area (Å²) in [4.78, 5) is 14.3. The molecule has 0 aliphatic heterocycles. The molecule has 100 valence electrons. The van der Waals surface area contributed by atoms with E-state index in [1.807, 2.05) is 0 Å². The Kier molecular flexibility index (Phi) is 3.64. The van der Waals surface area contributed by atoms with E-state index >= 15 is 0 Å². The van der Waals surface area contributed by atoms with Gasteiger partial charge in [0, 0.05) is 6.07 Å². The molecule has 2 aromatic rings. The molecule has 0 radical (unpaired) electrons. The first kappa shape index (κ1) is 13.6. The average molecular weight is 303 g/mol. The first-order chi connectivity index (χ1) is 9.01. The Labute approximate surface area is 118 Å². The van der Waals surface area contributed by atoms with Crippen LogP contribution in [0.5, 0.6) is 11.5 Å². The fraction of sp³-hybridized carbons (Fsp3) is 0.182. The number of methoxy groups -OCH3 is 2. The number of hydrogen-bond acceptors (Lipinski definition) is 5. The van der Waals surface area contributed by atoms with E-state index in [1.165, 1.54) is 20.3 Å². The summed E-state index contributed by atoms with van der Waals surface area (Å²) in [6, 6.07) is 1.51. The zero-order valence-electron chi connectivity index (χ0n) is 9.94. The average Bonchev–Trinajstić information content (AvgIpc) is 2.38. The van der Waals surface area contributed by atoms with Crippen LogP contribution in [0.1, 0.15) is 0 Å². The fourth-order valence-corrected chi connectivity index (χ4v) is 2.29. The maximum atomic E-state index is 10.9. The summed E-state index contributed by atoms with van der Waals surface area (Å²) >= 11 is 12.1. The third-order valence-electron chi connectivity index (χ3n) is 2.55. The van der Waals surface area contributed by atoms with Crippen molar-refractivity contribution in [2.24, 2.45) is 0 Å². The zero-order chi connectivity index (χ0) is 14.2. The number of hydrogen-bond donors (Lipinski definition) is 0. The molecule has 6 nitrogen and oxygen atoms in total. The molecular formula is C11H8Cl2N2O4. The Bertz CT molecular complexity index is 676. The number of benzene rings is 1. The van der Waals surface area contributed by atoms with Gasteiger partial charge in [0.05, 0.1) is 29.6 Å². The Hall–Kier alpha value is -1.79. The van der Waals surface area contributed by atoms with E-state index in [2.05, 4.69) is 4.98 Å². The second kappa shape index (κ2) is 5.07. The molecule has 0 aliphatic carbocycles. The van der Waals surface area contributed by atoms with Crippen LogP contribution in [0, 0.1) is 10.1 Å². The fourth-order valence-electron chi connectivity index (χ4n) is 1.72. The summed E-state index contributed by atoms with van der Waals surface area (Å²) < 4.78 is 10.3. The summed E-state index contributed by atoms with van der Waals surface area (Å²) in [7, 11) is 2.83. The van der Waals surface area contributed by atoms with Crippen molar-refractivity contribution in [1.82, 2.24) is 4.98 Å². The van der Waals surface area contributed by atoms with Gasteiger partial charge in [-0.05, 0) is 0 Å². The molecule has 0 aliphatic rings. The highest BCUT2D eigenvalue weighted by molar-refractivity contribution is 6.40. The number of halogens is 2. The van der Waals surface area contributed by atoms with Crippen molar-refractivity contribution >= 4 is 39.8 Å². The molecule has 1 heterocycles. The van der Waals surface area contributed by atoms with Crippen LogP contribution in [0.25, 0.3) is 10.9 Å². The molecule has 19 heavy (non-hydrogen) atoms. The van der Waals surface area contributed by atoms with Crippen LogP contribution < -0.4 is 9.47 Å². The second-order valence-corrected chi connectivity index (χ2v) is 4.32. The van der Waals surface area contributed by atoms with Crippen LogP contribution in [-0.4, -0.2) is 24.1 Å². The standard InChI is InChI=1S/C11H8Cl2N2O4/c1-18-7-3-5(12)11(19-2)8-9(13)6(15(16)17)4-14-10(7)8/h3-4H,1-2H3. The van der Waals surface area contributed by atoms with Crippen molar-refractivity contribution < 1.29 is 14.4 Å². The maximum absolute atomic E-state index is 10.9. The highest BCUT2D eigenvalue weighted by Crippen LogP contribution is 2.44. The summed E-state index contributed by atoms with van der Waals surface area (Å²) in [5.74, 6) is 0.580. The molecule has 1 aromatic carbocycles. The number of rotatable bonds is 3. The lowest BCUT2D eigenvalue weighted by Crippen LogP contribution is -1.97. The van der Waals surface area contributed by atoms with Crippen molar-refractivity contribution in [1.29, 1.82) is 0 Å². The van der Waals surface area contributed by atoms with E-state index in [-0.39, 0.29) is 26.9 Å². The smallest absolute Gasteiger partial charge is 0.306 e. The number of aromatic nitrogens is 1. The van der Waals surface area contributed by atoms with E-state index in [0.29, 0.717) is 11.3 Å². The molecule has 0 N–H and O–H groups in total. The van der Waals surface area contributed by atoms with Gasteiger partial charge in [0.15, 0.2) is 0 Å². The van der Waals surface area contributed by atoms with E-state index in [4.69, 9.17) is 32.7 Å². The van der Waals surface area contributed by atoms with Gasteiger partial charge >= 0.3 is 5.69 Å². The monoisotopic (exact) mass is 302 g/mol. The molecule has 0 bridgehead atoms. The number of nitrogens with zero attached hydrogens (tertiary/aromatic N) is 2. The number of pyridine rings is 1. The summed E-state index contributed by atoms with van der Waals surface area (Å²) in [6.07, 6.45) is 1.07. The maximum Gasteiger partial charge on any atom is 0.306 e. The normalized spacial score (nSPS) is 10.5. The number of ether oxygens (including phenoxy) is 2. The SMILES string of the molecule is COc1cc(Cl)c(OC)c2c(Cl)c([N+](=O)[O-])cnc12. The molecule has 0 unspecified atom stereocenters. The molecule has 2 rings (SSSR count). The van der Waals surface area contributed by atoms with Crippen molar-refractivity contribution in [3.8, 4) is 11.5 Å². The van der Waals surface area contributed by atoms with Crippen molar-refractivity contribution in [3.63, 3.8) is 0 Å². The van der Waals surface area contributed by atoms with Gasteiger partial charge in [-0.1, -0.05) is 23.2 Å². The van der Waals surface area contributed by atoms with Crippen molar-refractivity contribution in [3.05, 3.63) is 32.4 Å². The van der Waals surface area contributed by atoms with Crippen LogP contribution in [0.15, 0.2) is 12.3 Å². The highest BCUT2D eigenvalue weighted by atomic mass is 35.5. The van der Waals surface area contributed by atoms with Gasteiger partial charge in [-0.3, -0.25) is 10.1 Å². The van der Waals surface area contributed by atoms with Gasteiger partial charge in [0.25, 0.3) is 0 Å². The molecule has 0 saturated heterocycles. The Morgan fingerprint density at radius 3 is 2.53 bits per heavy atom. The van der Waals surface area contributed by atoms with E-state index < -0.39 is 4.92 Å². The highest BCUT2D eigenvalue weighted by Gasteiger charge is 2.23. The van der Waals surface area contributed by atoms with Crippen LogP contribution in [-0.2, 0) is 0 Å². The van der Waals surface area contributed by atoms with Gasteiger partial charge in [0.2, 0.25) is 0 Å². The first-order valence-corrected chi connectivity index (χ1v) is 5.80. The minimum Gasteiger partial charge on any atom is -0.494 e. The first-order valence-electron chi connectivity index (χ1n) is 5.04. The molecule has 0 saturated carbocycles. The second-order valence-electron chi connectivity index (χ2n) is 3.53. The lowest BCUT2D eigenvalue weighted by Gasteiger charge is -2.12. The van der Waals surface area contributed by atoms with Crippen molar-refractivity contribution in [2.45, 2.75) is 0 Å². The van der Waals surface area contributed by atoms with Crippen LogP contribution in [0.4, 0.5) is 5.69 Å². The van der Waals surface area contributed by atoms with Gasteiger partial charge in [0.1, 0.15) is 28.2 Å². The molecule has 0 atom stereocenters. The Balaban J connectivity index is 2.97. The lowest BCUT2D eigenvalue weighted by molar-refractivity contribution is -0.384. The quantitative estimate of drug-likeness (QED) is 0.641. The van der Waals surface area contributed by atoms with Gasteiger partial charge in [-0.2, -0.15) is 0 Å². The van der Waals surface area contributed by atoms with E-state index in [9.17, 15) is 10.1 Å². The van der Waals surface area contributed by atoms with Gasteiger partial charge in [-0.25, -0.2) is 4.98 Å². The summed E-state index contributed by atoms with van der Waals surface area (Å²) in [5, 5.41) is 11.3. The third kappa shape index (κ3) is 2.13. The minimum absolute atomic E-state index is 0.0901. The van der Waals surface area contributed by atoms with Crippen LogP contribution >= 0.6 is 23.2 Å². The zero-order valence-corrected chi connectivity index (χ0v) is 11.4. The van der Waals surface area contributed by atoms with E-state index in [0.717, 1.165) is 6.20 Å². The Morgan fingerprint density at radius 2 is 2.00 bits per heavy atom.